The second kappa shape index (κ2) is 7.18. The highest BCUT2D eigenvalue weighted by Gasteiger charge is 2.13. The summed E-state index contributed by atoms with van der Waals surface area (Å²) in [7, 11) is 0. The third kappa shape index (κ3) is 4.26. The van der Waals surface area contributed by atoms with Gasteiger partial charge in [0.25, 0.3) is 5.91 Å². The van der Waals surface area contributed by atoms with Gasteiger partial charge in [-0.3, -0.25) is 4.79 Å². The van der Waals surface area contributed by atoms with Crippen LogP contribution in [0.5, 0.6) is 5.75 Å². The van der Waals surface area contributed by atoms with Gasteiger partial charge in [0.1, 0.15) is 11.5 Å². The molecule has 2 aromatic rings. The number of alkyl halides is 1. The van der Waals surface area contributed by atoms with Crippen molar-refractivity contribution in [2.45, 2.75) is 25.8 Å². The number of rotatable bonds is 6. The second-order valence-corrected chi connectivity index (χ2v) is 5.24. The Morgan fingerprint density at radius 3 is 2.86 bits per heavy atom. The summed E-state index contributed by atoms with van der Waals surface area (Å²) in [6.45, 7) is 4.75. The Kier molecular flexibility index (Phi) is 5.28. The third-order valence-electron chi connectivity index (χ3n) is 2.91. The van der Waals surface area contributed by atoms with E-state index in [1.54, 1.807) is 19.1 Å². The molecule has 0 aliphatic carbocycles. The zero-order valence-corrected chi connectivity index (χ0v) is 12.8. The van der Waals surface area contributed by atoms with E-state index in [2.05, 4.69) is 5.32 Å². The third-order valence-corrected chi connectivity index (χ3v) is 3.12. The predicted molar refractivity (Wildman–Crippen MR) is 81.8 cm³/mol. The average molecular weight is 308 g/mol. The lowest BCUT2D eigenvalue weighted by Gasteiger charge is -2.07. The van der Waals surface area contributed by atoms with Gasteiger partial charge in [0.05, 0.1) is 12.0 Å². The van der Waals surface area contributed by atoms with E-state index in [9.17, 15) is 4.79 Å². The minimum Gasteiger partial charge on any atom is -0.494 e. The van der Waals surface area contributed by atoms with Gasteiger partial charge < -0.3 is 14.5 Å². The number of amides is 1. The Balaban J connectivity index is 1.95. The van der Waals surface area contributed by atoms with Crippen LogP contribution in [0.4, 0.5) is 0 Å². The number of hydrogen-bond donors (Lipinski definition) is 1. The first-order valence-corrected chi connectivity index (χ1v) is 7.27. The van der Waals surface area contributed by atoms with E-state index in [0.29, 0.717) is 18.9 Å². The number of benzene rings is 1. The number of furan rings is 1. The SMILES string of the molecule is CCOc1cccc(CNC(=O)c2ccc(C(C)Cl)o2)c1. The molecule has 0 aliphatic heterocycles. The minimum atomic E-state index is -0.264. The van der Waals surface area contributed by atoms with Crippen LogP contribution >= 0.6 is 11.6 Å². The normalized spacial score (nSPS) is 12.0. The average Bonchev–Trinajstić information content (AvgIpc) is 2.96. The quantitative estimate of drug-likeness (QED) is 0.823. The maximum atomic E-state index is 12.0. The summed E-state index contributed by atoms with van der Waals surface area (Å²) < 4.78 is 10.8. The number of halogens is 1. The molecule has 1 N–H and O–H groups in total. The van der Waals surface area contributed by atoms with Gasteiger partial charge in [-0.15, -0.1) is 11.6 Å². The predicted octanol–water partition coefficient (Wildman–Crippen LogP) is 3.91. The fourth-order valence-corrected chi connectivity index (χ4v) is 1.99. The number of nitrogens with one attached hydrogen (secondary N) is 1. The molecule has 1 unspecified atom stereocenters. The van der Waals surface area contributed by atoms with Crippen molar-refractivity contribution >= 4 is 17.5 Å². The summed E-state index contributed by atoms with van der Waals surface area (Å²) in [6.07, 6.45) is 0. The van der Waals surface area contributed by atoms with Crippen LogP contribution in [0.25, 0.3) is 0 Å². The van der Waals surface area contributed by atoms with Crippen LogP contribution in [0.15, 0.2) is 40.8 Å². The van der Waals surface area contributed by atoms with Gasteiger partial charge in [0.15, 0.2) is 5.76 Å². The Labute approximate surface area is 129 Å². The van der Waals surface area contributed by atoms with Crippen molar-refractivity contribution in [3.63, 3.8) is 0 Å². The van der Waals surface area contributed by atoms with Crippen LogP contribution < -0.4 is 10.1 Å². The molecule has 4 nitrogen and oxygen atoms in total. The number of ether oxygens (including phenoxy) is 1. The highest BCUT2D eigenvalue weighted by atomic mass is 35.5. The lowest BCUT2D eigenvalue weighted by Crippen LogP contribution is -2.22. The van der Waals surface area contributed by atoms with Crippen molar-refractivity contribution in [3.05, 3.63) is 53.5 Å². The first-order valence-electron chi connectivity index (χ1n) is 6.84. The van der Waals surface area contributed by atoms with E-state index in [4.69, 9.17) is 20.8 Å². The monoisotopic (exact) mass is 307 g/mol. The first-order chi connectivity index (χ1) is 10.1. The molecule has 21 heavy (non-hydrogen) atoms. The molecule has 1 amide bonds. The van der Waals surface area contributed by atoms with Crippen LogP contribution in [0, 0.1) is 0 Å². The van der Waals surface area contributed by atoms with Crippen LogP contribution in [-0.2, 0) is 6.54 Å². The summed E-state index contributed by atoms with van der Waals surface area (Å²) in [5.41, 5.74) is 0.965. The van der Waals surface area contributed by atoms with E-state index >= 15 is 0 Å². The summed E-state index contributed by atoms with van der Waals surface area (Å²) in [6, 6.07) is 10.9. The van der Waals surface area contributed by atoms with Gasteiger partial charge in [-0.05, 0) is 43.7 Å². The van der Waals surface area contributed by atoms with Crippen molar-refractivity contribution in [1.82, 2.24) is 5.32 Å². The molecule has 0 saturated heterocycles. The van der Waals surface area contributed by atoms with E-state index in [0.717, 1.165) is 11.3 Å². The molecule has 0 spiro atoms. The van der Waals surface area contributed by atoms with Gasteiger partial charge in [0.2, 0.25) is 0 Å². The van der Waals surface area contributed by atoms with Crippen LogP contribution in [-0.4, -0.2) is 12.5 Å². The minimum absolute atomic E-state index is 0.255. The van der Waals surface area contributed by atoms with Crippen LogP contribution in [0.2, 0.25) is 0 Å². The molecule has 1 aromatic carbocycles. The molecule has 5 heteroatoms. The fourth-order valence-electron chi connectivity index (χ4n) is 1.87. The van der Waals surface area contributed by atoms with E-state index in [-0.39, 0.29) is 17.0 Å². The fraction of sp³-hybridized carbons (Fsp3) is 0.312. The van der Waals surface area contributed by atoms with Crippen molar-refractivity contribution < 1.29 is 13.9 Å². The largest absolute Gasteiger partial charge is 0.494 e. The molecule has 0 aliphatic rings. The molecule has 0 saturated carbocycles. The summed E-state index contributed by atoms with van der Waals surface area (Å²) >= 11 is 5.90. The topological polar surface area (TPSA) is 51.5 Å². The van der Waals surface area contributed by atoms with Gasteiger partial charge >= 0.3 is 0 Å². The van der Waals surface area contributed by atoms with Gasteiger partial charge in [0, 0.05) is 6.54 Å². The number of carbonyl (C=O) groups is 1. The Hall–Kier alpha value is -1.94. The molecule has 112 valence electrons. The molecule has 1 heterocycles. The number of carbonyl (C=O) groups excluding carboxylic acids is 1. The standard InChI is InChI=1S/C16H18ClNO3/c1-3-20-13-6-4-5-12(9-13)10-18-16(19)15-8-7-14(21-15)11(2)17/h4-9,11H,3,10H2,1-2H3,(H,18,19). The van der Waals surface area contributed by atoms with Crippen molar-refractivity contribution in [2.75, 3.05) is 6.61 Å². The van der Waals surface area contributed by atoms with Gasteiger partial charge in [-0.25, -0.2) is 0 Å². The molecule has 2 rings (SSSR count). The first kappa shape index (κ1) is 15.4. The summed E-state index contributed by atoms with van der Waals surface area (Å²) in [5, 5.41) is 2.55. The lowest BCUT2D eigenvalue weighted by atomic mass is 10.2. The maximum absolute atomic E-state index is 12.0. The molecular formula is C16H18ClNO3. The Morgan fingerprint density at radius 1 is 1.38 bits per heavy atom. The van der Waals surface area contributed by atoms with Gasteiger partial charge in [-0.2, -0.15) is 0 Å². The second-order valence-electron chi connectivity index (χ2n) is 4.58. The molecule has 0 fully saturated rings. The Bertz CT molecular complexity index is 607. The van der Waals surface area contributed by atoms with E-state index < -0.39 is 0 Å². The van der Waals surface area contributed by atoms with Gasteiger partial charge in [-0.1, -0.05) is 12.1 Å². The highest BCUT2D eigenvalue weighted by molar-refractivity contribution is 6.20. The Morgan fingerprint density at radius 2 is 2.19 bits per heavy atom. The molecular weight excluding hydrogens is 290 g/mol. The van der Waals surface area contributed by atoms with Crippen LogP contribution in [0.1, 0.15) is 41.1 Å². The molecule has 1 aromatic heterocycles. The lowest BCUT2D eigenvalue weighted by molar-refractivity contribution is 0.0921. The molecule has 1 atom stereocenters. The van der Waals surface area contributed by atoms with Crippen molar-refractivity contribution in [1.29, 1.82) is 0 Å². The maximum Gasteiger partial charge on any atom is 0.287 e. The van der Waals surface area contributed by atoms with E-state index in [1.807, 2.05) is 31.2 Å². The van der Waals surface area contributed by atoms with E-state index in [1.165, 1.54) is 0 Å². The van der Waals surface area contributed by atoms with Crippen molar-refractivity contribution in [2.24, 2.45) is 0 Å². The molecule has 0 radical (unpaired) electrons. The zero-order chi connectivity index (χ0) is 15.2. The van der Waals surface area contributed by atoms with Crippen LogP contribution in [0.3, 0.4) is 0 Å². The number of hydrogen-bond acceptors (Lipinski definition) is 3. The smallest absolute Gasteiger partial charge is 0.287 e. The van der Waals surface area contributed by atoms with Crippen molar-refractivity contribution in [3.8, 4) is 5.75 Å². The molecule has 0 bridgehead atoms. The summed E-state index contributed by atoms with van der Waals surface area (Å²) in [4.78, 5) is 12.0. The highest BCUT2D eigenvalue weighted by Crippen LogP contribution is 2.21. The summed E-state index contributed by atoms with van der Waals surface area (Å²) in [5.74, 6) is 1.37. The zero-order valence-electron chi connectivity index (χ0n) is 12.1.